The molecule has 0 unspecified atom stereocenters. The van der Waals surface area contributed by atoms with Crippen molar-refractivity contribution in [2.24, 2.45) is 0 Å². The van der Waals surface area contributed by atoms with Gasteiger partial charge in [-0.05, 0) is 5.69 Å². The van der Waals surface area contributed by atoms with Crippen molar-refractivity contribution in [1.82, 2.24) is 14.8 Å². The molecule has 22 heavy (non-hydrogen) atoms. The van der Waals surface area contributed by atoms with Gasteiger partial charge in [0.05, 0.1) is 0 Å². The average Bonchev–Trinajstić information content (AvgIpc) is 3.29. The van der Waals surface area contributed by atoms with Crippen LogP contribution >= 0.6 is 17.0 Å². The van der Waals surface area contributed by atoms with Crippen molar-refractivity contribution >= 4 is 27.8 Å². The number of rotatable bonds is 1. The van der Waals surface area contributed by atoms with Crippen LogP contribution in [0.15, 0.2) is 79.4 Å². The maximum absolute atomic E-state index is 4.93. The molecule has 0 spiro atoms. The Kier molecular flexibility index (Phi) is 7.58. The van der Waals surface area contributed by atoms with E-state index < -0.39 is 20.8 Å². The third-order valence-electron chi connectivity index (χ3n) is 2.88. The first-order valence-corrected chi connectivity index (χ1v) is 12.8. The summed E-state index contributed by atoms with van der Waals surface area (Å²) in [5.74, 6) is 0. The maximum atomic E-state index is 4.93. The van der Waals surface area contributed by atoms with E-state index in [0.717, 1.165) is 5.69 Å². The van der Waals surface area contributed by atoms with Gasteiger partial charge in [-0.2, -0.15) is 18.2 Å². The van der Waals surface area contributed by atoms with Crippen LogP contribution in [0.25, 0.3) is 16.5 Å². The average molecular weight is 409 g/mol. The Labute approximate surface area is 147 Å². The van der Waals surface area contributed by atoms with Crippen LogP contribution in [-0.2, 0) is 20.8 Å². The zero-order valence-electron chi connectivity index (χ0n) is 11.6. The smallest absolute Gasteiger partial charge is 0.122 e. The normalized spacial score (nSPS) is 9.18. The number of benzene rings is 1. The van der Waals surface area contributed by atoms with E-state index in [1.54, 1.807) is 12.7 Å². The molecular formula is C16H13Cl2N3Zr. The quantitative estimate of drug-likeness (QED) is 0.418. The minimum absolute atomic E-state index is 0.826. The molecule has 0 N–H and O–H groups in total. The third-order valence-corrected chi connectivity index (χ3v) is 2.88. The summed E-state index contributed by atoms with van der Waals surface area (Å²) in [5, 5.41) is 10.1. The van der Waals surface area contributed by atoms with Gasteiger partial charge in [0, 0.05) is 0 Å². The molecular weight excluding hydrogens is 396 g/mol. The van der Waals surface area contributed by atoms with Crippen LogP contribution in [0.1, 0.15) is 0 Å². The Morgan fingerprint density at radius 3 is 2.14 bits per heavy atom. The van der Waals surface area contributed by atoms with Gasteiger partial charge in [-0.15, -0.1) is 51.3 Å². The fourth-order valence-electron chi connectivity index (χ4n) is 1.94. The van der Waals surface area contributed by atoms with Gasteiger partial charge in [0.25, 0.3) is 0 Å². The number of halogens is 2. The molecule has 0 fully saturated rings. The predicted molar refractivity (Wildman–Crippen MR) is 88.2 cm³/mol. The topological polar surface area (TPSA) is 30.7 Å². The van der Waals surface area contributed by atoms with Gasteiger partial charge in [0.15, 0.2) is 0 Å². The summed E-state index contributed by atoms with van der Waals surface area (Å²) in [6.07, 6.45) is 3.41. The molecule has 1 aromatic heterocycles. The van der Waals surface area contributed by atoms with Crippen LogP contribution in [-0.4, -0.2) is 14.8 Å². The van der Waals surface area contributed by atoms with Crippen molar-refractivity contribution in [2.75, 3.05) is 0 Å². The van der Waals surface area contributed by atoms with Crippen LogP contribution < -0.4 is 0 Å². The fraction of sp³-hybridized carbons (Fsp3) is 0. The Bertz CT molecular complexity index is 699. The molecule has 4 aromatic rings. The van der Waals surface area contributed by atoms with Crippen molar-refractivity contribution in [2.45, 2.75) is 0 Å². The molecule has 0 amide bonds. The first-order valence-electron chi connectivity index (χ1n) is 6.48. The van der Waals surface area contributed by atoms with E-state index in [9.17, 15) is 0 Å². The van der Waals surface area contributed by atoms with E-state index >= 15 is 0 Å². The molecule has 4 rings (SSSR count). The first kappa shape index (κ1) is 17.1. The fourth-order valence-corrected chi connectivity index (χ4v) is 1.94. The van der Waals surface area contributed by atoms with Crippen LogP contribution in [0.5, 0.6) is 0 Å². The van der Waals surface area contributed by atoms with E-state index in [1.165, 1.54) is 10.8 Å². The van der Waals surface area contributed by atoms with Gasteiger partial charge in [-0.3, -0.25) is 0 Å². The summed E-state index contributed by atoms with van der Waals surface area (Å²) in [7, 11) is 9.87. The second kappa shape index (κ2) is 9.73. The molecule has 3 aromatic carbocycles. The second-order valence-corrected chi connectivity index (χ2v) is 7.98. The summed E-state index contributed by atoms with van der Waals surface area (Å²) >= 11 is -0.826. The van der Waals surface area contributed by atoms with E-state index in [1.807, 2.05) is 47.0 Å². The maximum Gasteiger partial charge on any atom is 0.122 e. The Balaban J connectivity index is 0.000000184. The number of hydrogen-bond acceptors (Lipinski definition) is 2. The molecule has 1 heterocycles. The van der Waals surface area contributed by atoms with Gasteiger partial charge in [0.1, 0.15) is 12.7 Å². The van der Waals surface area contributed by atoms with Crippen molar-refractivity contribution in [1.29, 1.82) is 0 Å². The summed E-state index contributed by atoms with van der Waals surface area (Å²) < 4.78 is 1.90. The minimum atomic E-state index is -0.826. The summed E-state index contributed by atoms with van der Waals surface area (Å²) in [6, 6.07) is 22.5. The predicted octanol–water partition coefficient (Wildman–Crippen LogP) is 4.92. The van der Waals surface area contributed by atoms with Crippen LogP contribution in [0.4, 0.5) is 0 Å². The van der Waals surface area contributed by atoms with E-state index in [0.29, 0.717) is 0 Å². The largest absolute Gasteiger partial charge is 0.307 e. The number of nitrogens with zero attached hydrogens (tertiary/aromatic N) is 3. The molecule has 0 radical (unpaired) electrons. The van der Waals surface area contributed by atoms with Gasteiger partial charge in [0.2, 0.25) is 0 Å². The zero-order valence-corrected chi connectivity index (χ0v) is 15.6. The third kappa shape index (κ3) is 5.20. The molecule has 0 saturated carbocycles. The summed E-state index contributed by atoms with van der Waals surface area (Å²) in [5.41, 5.74) is 1.11. The monoisotopic (exact) mass is 407 g/mol. The molecule has 6 heteroatoms. The van der Waals surface area contributed by atoms with Crippen molar-refractivity contribution < 1.29 is 20.8 Å². The Morgan fingerprint density at radius 1 is 0.955 bits per heavy atom. The molecule has 0 aliphatic rings. The molecule has 3 nitrogen and oxygen atoms in total. The minimum Gasteiger partial charge on any atom is -0.307 e. The van der Waals surface area contributed by atoms with E-state index in [-0.39, 0.29) is 0 Å². The summed E-state index contributed by atoms with van der Waals surface area (Å²) in [6.45, 7) is 0. The first-order chi connectivity index (χ1) is 10.8. The molecule has 0 saturated heterocycles. The standard InChI is InChI=1S/C11H8N3.C5H5.2ClH.Zr/c1-2-4-10-6-11(5-9(10)3-1)14-7-12-13-8-14;1-2-4-5-3-1;;;/h1-8H;1-5H;2*1H;/q2*-1;;;+4/p-2. The molecule has 0 bridgehead atoms. The molecule has 0 atom stereocenters. The van der Waals surface area contributed by atoms with Crippen molar-refractivity contribution in [3.8, 4) is 5.69 Å². The van der Waals surface area contributed by atoms with Gasteiger partial charge >= 0.3 is 37.9 Å². The Morgan fingerprint density at radius 2 is 1.59 bits per heavy atom. The second-order valence-electron chi connectivity index (χ2n) is 4.25. The SMILES string of the molecule is [Cl][Zr+2][Cl].c1cc[cH-]c1.c1ccc2[cH-]c(-n3cnnc3)cc2c1. The van der Waals surface area contributed by atoms with Crippen LogP contribution in [0.2, 0.25) is 0 Å². The van der Waals surface area contributed by atoms with Crippen LogP contribution in [0.3, 0.4) is 0 Å². The summed E-state index contributed by atoms with van der Waals surface area (Å²) in [4.78, 5) is 0. The van der Waals surface area contributed by atoms with Crippen molar-refractivity contribution in [3.05, 3.63) is 79.4 Å². The van der Waals surface area contributed by atoms with Gasteiger partial charge < -0.3 is 4.57 Å². The number of aromatic nitrogens is 3. The van der Waals surface area contributed by atoms with E-state index in [4.69, 9.17) is 17.0 Å². The van der Waals surface area contributed by atoms with Crippen molar-refractivity contribution in [3.63, 3.8) is 0 Å². The van der Waals surface area contributed by atoms with E-state index in [2.05, 4.69) is 34.5 Å². The zero-order chi connectivity index (χ0) is 15.6. The van der Waals surface area contributed by atoms with Gasteiger partial charge in [-0.1, -0.05) is 6.07 Å². The Hall–Kier alpha value is -1.22. The number of fused-ring (bicyclic) bond motifs is 1. The molecule has 0 aliphatic carbocycles. The number of hydrogen-bond donors (Lipinski definition) is 0. The van der Waals surface area contributed by atoms with Gasteiger partial charge in [-0.25, -0.2) is 12.1 Å². The molecule has 0 aliphatic heterocycles. The molecule has 110 valence electrons. The van der Waals surface area contributed by atoms with Crippen LogP contribution in [0, 0.1) is 0 Å².